The summed E-state index contributed by atoms with van der Waals surface area (Å²) in [5, 5.41) is 24.6. The van der Waals surface area contributed by atoms with Gasteiger partial charge in [0.15, 0.2) is 6.23 Å². The number of para-hydroxylation sites is 1. The lowest BCUT2D eigenvalue weighted by atomic mass is 10.1. The number of aliphatic hydroxyl groups excluding tert-OH is 2. The molecule has 0 spiro atoms. The van der Waals surface area contributed by atoms with Gasteiger partial charge in [0.25, 0.3) is 5.91 Å². The van der Waals surface area contributed by atoms with Crippen molar-refractivity contribution in [3.63, 3.8) is 0 Å². The number of hydrogen-bond donors (Lipinski definition) is 3. The van der Waals surface area contributed by atoms with E-state index in [0.29, 0.717) is 27.0 Å². The minimum atomic E-state index is -1.16. The van der Waals surface area contributed by atoms with Gasteiger partial charge in [0.1, 0.15) is 17.7 Å². The predicted molar refractivity (Wildman–Crippen MR) is 124 cm³/mol. The third-order valence-electron chi connectivity index (χ3n) is 4.91. The Morgan fingerprint density at radius 3 is 2.28 bits per heavy atom. The Morgan fingerprint density at radius 1 is 0.969 bits per heavy atom. The molecular weight excluding hydrogens is 451 g/mol. The number of aliphatic hydroxyl groups is 2. The number of anilines is 1. The van der Waals surface area contributed by atoms with Gasteiger partial charge in [0, 0.05) is 33.9 Å². The van der Waals surface area contributed by atoms with Crippen LogP contribution < -0.4 is 10.1 Å². The van der Waals surface area contributed by atoms with E-state index in [1.165, 1.54) is 11.0 Å². The summed E-state index contributed by atoms with van der Waals surface area (Å²) in [6.07, 6.45) is -0.791. The highest BCUT2D eigenvalue weighted by atomic mass is 35.5. The summed E-state index contributed by atoms with van der Waals surface area (Å²) in [5.74, 6) is 0.312. The Hall–Kier alpha value is -2.87. The third kappa shape index (κ3) is 5.30. The third-order valence-corrected chi connectivity index (χ3v) is 5.34. The normalized spacial score (nSPS) is 18.3. The van der Waals surface area contributed by atoms with Crippen molar-refractivity contribution in [3.05, 3.63) is 106 Å². The van der Waals surface area contributed by atoms with E-state index in [9.17, 15) is 15.0 Å². The lowest BCUT2D eigenvalue weighted by Crippen LogP contribution is -2.37. The number of rotatable bonds is 6. The minimum Gasteiger partial charge on any atom is -0.458 e. The molecule has 2 atom stereocenters. The van der Waals surface area contributed by atoms with E-state index in [-0.39, 0.29) is 18.2 Å². The van der Waals surface area contributed by atoms with E-state index < -0.39 is 12.5 Å². The molecule has 0 saturated heterocycles. The average Bonchev–Trinajstić information content (AvgIpc) is 3.01. The molecule has 1 aliphatic rings. The van der Waals surface area contributed by atoms with Crippen molar-refractivity contribution in [3.8, 4) is 5.75 Å². The van der Waals surface area contributed by atoms with Crippen LogP contribution in [0.5, 0.6) is 5.75 Å². The minimum absolute atomic E-state index is 0.176. The highest BCUT2D eigenvalue weighted by Crippen LogP contribution is 2.30. The number of nitrogens with zero attached hydrogens (tertiary/aromatic N) is 1. The second-order valence-corrected chi connectivity index (χ2v) is 8.13. The van der Waals surface area contributed by atoms with Crippen LogP contribution in [0.1, 0.15) is 15.9 Å². The summed E-state index contributed by atoms with van der Waals surface area (Å²) in [6, 6.07) is 20.8. The fourth-order valence-electron chi connectivity index (χ4n) is 3.32. The second kappa shape index (κ2) is 9.73. The number of carbonyl (C=O) groups excluding carboxylic acids is 1. The maximum atomic E-state index is 12.4. The lowest BCUT2D eigenvalue weighted by Gasteiger charge is -2.25. The van der Waals surface area contributed by atoms with Crippen molar-refractivity contribution in [1.82, 2.24) is 4.90 Å². The van der Waals surface area contributed by atoms with Gasteiger partial charge in [-0.25, -0.2) is 4.90 Å². The Labute approximate surface area is 195 Å². The van der Waals surface area contributed by atoms with Gasteiger partial charge in [-0.3, -0.25) is 4.79 Å². The van der Waals surface area contributed by atoms with Gasteiger partial charge >= 0.3 is 0 Å². The highest BCUT2D eigenvalue weighted by molar-refractivity contribution is 6.34. The van der Waals surface area contributed by atoms with Crippen LogP contribution in [-0.4, -0.2) is 33.5 Å². The van der Waals surface area contributed by atoms with Crippen LogP contribution in [0.25, 0.3) is 0 Å². The number of amides is 1. The van der Waals surface area contributed by atoms with Crippen LogP contribution in [-0.2, 0) is 6.54 Å². The fraction of sp³-hybridized carbons (Fsp3) is 0.125. The topological polar surface area (TPSA) is 82.0 Å². The smallest absolute Gasteiger partial charge is 0.255 e. The Morgan fingerprint density at radius 2 is 1.62 bits per heavy atom. The molecule has 164 valence electrons. The van der Waals surface area contributed by atoms with Gasteiger partial charge in [-0.2, -0.15) is 0 Å². The zero-order chi connectivity index (χ0) is 22.7. The number of nitrogens with one attached hydrogen (secondary N) is 1. The molecule has 0 radical (unpaired) electrons. The second-order valence-electron chi connectivity index (χ2n) is 7.25. The van der Waals surface area contributed by atoms with E-state index in [2.05, 4.69) is 5.32 Å². The predicted octanol–water partition coefficient (Wildman–Crippen LogP) is 4.66. The lowest BCUT2D eigenvalue weighted by molar-refractivity contribution is -0.0580. The fourth-order valence-corrected chi connectivity index (χ4v) is 3.83. The molecule has 3 aromatic rings. The largest absolute Gasteiger partial charge is 0.458 e. The zero-order valence-corrected chi connectivity index (χ0v) is 18.3. The van der Waals surface area contributed by atoms with Crippen LogP contribution in [0.3, 0.4) is 0 Å². The van der Waals surface area contributed by atoms with Gasteiger partial charge in [0.2, 0.25) is 0 Å². The molecule has 0 fully saturated rings. The standard InChI is InChI=1S/C24H20Cl2N2O4/c25-17-10-18(26)12-20(11-17)32-21-13-22(29)28(24(21)31)14-15-6-8-16(9-7-15)23(30)27-19-4-2-1-3-5-19/h1-13,22,24,29,31H,14H2,(H,27,30). The van der Waals surface area contributed by atoms with Crippen molar-refractivity contribution >= 4 is 34.8 Å². The van der Waals surface area contributed by atoms with Crippen LogP contribution in [0.15, 0.2) is 84.6 Å². The summed E-state index contributed by atoms with van der Waals surface area (Å²) in [6.45, 7) is 0.239. The molecule has 0 aromatic heterocycles. The quantitative estimate of drug-likeness (QED) is 0.487. The molecule has 0 saturated carbocycles. The molecule has 1 amide bonds. The Bertz CT molecular complexity index is 1120. The number of hydrogen-bond acceptors (Lipinski definition) is 5. The van der Waals surface area contributed by atoms with Crippen molar-refractivity contribution in [2.75, 3.05) is 5.32 Å². The van der Waals surface area contributed by atoms with Gasteiger partial charge in [0.05, 0.1) is 0 Å². The zero-order valence-electron chi connectivity index (χ0n) is 16.8. The molecule has 3 N–H and O–H groups in total. The SMILES string of the molecule is O=C(Nc1ccccc1)c1ccc(CN2C(O)C=C(Oc3cc(Cl)cc(Cl)c3)C2O)cc1. The summed E-state index contributed by atoms with van der Waals surface area (Å²) < 4.78 is 5.68. The first-order valence-corrected chi connectivity index (χ1v) is 10.6. The van der Waals surface area contributed by atoms with E-state index in [1.54, 1.807) is 42.5 Å². The maximum absolute atomic E-state index is 12.4. The first-order chi connectivity index (χ1) is 15.4. The van der Waals surface area contributed by atoms with Gasteiger partial charge in [-0.05, 0) is 48.0 Å². The number of carbonyl (C=O) groups is 1. The summed E-state index contributed by atoms with van der Waals surface area (Å²) >= 11 is 12.0. The van der Waals surface area contributed by atoms with Gasteiger partial charge in [-0.15, -0.1) is 0 Å². The van der Waals surface area contributed by atoms with Crippen molar-refractivity contribution in [2.45, 2.75) is 19.0 Å². The van der Waals surface area contributed by atoms with E-state index in [1.807, 2.05) is 30.3 Å². The van der Waals surface area contributed by atoms with E-state index in [0.717, 1.165) is 5.56 Å². The highest BCUT2D eigenvalue weighted by Gasteiger charge is 2.34. The first kappa shape index (κ1) is 22.3. The van der Waals surface area contributed by atoms with Crippen LogP contribution in [0.2, 0.25) is 10.0 Å². The first-order valence-electron chi connectivity index (χ1n) is 9.82. The molecule has 3 aromatic carbocycles. The molecule has 0 aliphatic carbocycles. The van der Waals surface area contributed by atoms with Crippen LogP contribution in [0.4, 0.5) is 5.69 Å². The molecule has 2 unspecified atom stereocenters. The molecule has 1 aliphatic heterocycles. The Kier molecular flexibility index (Phi) is 6.79. The molecule has 1 heterocycles. The molecule has 32 heavy (non-hydrogen) atoms. The van der Waals surface area contributed by atoms with Crippen LogP contribution in [0, 0.1) is 0 Å². The number of halogens is 2. The summed E-state index contributed by atoms with van der Waals surface area (Å²) in [4.78, 5) is 13.8. The molecular formula is C24H20Cl2N2O4. The van der Waals surface area contributed by atoms with Gasteiger partial charge in [-0.1, -0.05) is 53.5 Å². The molecule has 6 nitrogen and oxygen atoms in total. The summed E-state index contributed by atoms with van der Waals surface area (Å²) in [7, 11) is 0. The van der Waals surface area contributed by atoms with Crippen LogP contribution >= 0.6 is 23.2 Å². The molecule has 0 bridgehead atoms. The Balaban J connectivity index is 1.39. The van der Waals surface area contributed by atoms with E-state index >= 15 is 0 Å². The van der Waals surface area contributed by atoms with E-state index in [4.69, 9.17) is 27.9 Å². The monoisotopic (exact) mass is 470 g/mol. The van der Waals surface area contributed by atoms with Crippen molar-refractivity contribution in [1.29, 1.82) is 0 Å². The molecule has 4 rings (SSSR count). The molecule has 8 heteroatoms. The number of benzene rings is 3. The summed E-state index contributed by atoms with van der Waals surface area (Å²) in [5.41, 5.74) is 2.02. The average molecular weight is 471 g/mol. The maximum Gasteiger partial charge on any atom is 0.255 e. The van der Waals surface area contributed by atoms with Crippen molar-refractivity contribution in [2.24, 2.45) is 0 Å². The number of ether oxygens (including phenoxy) is 1. The van der Waals surface area contributed by atoms with Gasteiger partial charge < -0.3 is 20.3 Å². The van der Waals surface area contributed by atoms with Crippen molar-refractivity contribution < 1.29 is 19.7 Å².